The summed E-state index contributed by atoms with van der Waals surface area (Å²) < 4.78 is 0. The average molecular weight is 215 g/mol. The van der Waals surface area contributed by atoms with Crippen molar-refractivity contribution in [2.45, 2.75) is 20.3 Å². The lowest BCUT2D eigenvalue weighted by atomic mass is 9.91. The van der Waals surface area contributed by atoms with Crippen molar-refractivity contribution in [3.63, 3.8) is 0 Å². The van der Waals surface area contributed by atoms with E-state index in [1.165, 1.54) is 6.42 Å². The Bertz CT molecular complexity index is 398. The molecule has 0 aromatic carbocycles. The Morgan fingerprint density at radius 2 is 2.06 bits per heavy atom. The molecule has 2 rings (SSSR count). The second kappa shape index (κ2) is 4.52. The molecule has 2 heterocycles. The molecule has 16 heavy (non-hydrogen) atoms. The maximum absolute atomic E-state index is 8.83. The summed E-state index contributed by atoms with van der Waals surface area (Å²) in [6, 6.07) is 5.96. The van der Waals surface area contributed by atoms with Crippen molar-refractivity contribution in [2.24, 2.45) is 11.8 Å². The summed E-state index contributed by atoms with van der Waals surface area (Å²) in [6.07, 6.45) is 3.02. The standard InChI is InChI=1S/C13H17N3/c1-10-5-11(2)9-16(8-10)13-3-4-15-12(6-13)7-14/h3-4,6,10-11H,5,8-9H2,1-2H3. The van der Waals surface area contributed by atoms with Crippen LogP contribution in [0.1, 0.15) is 26.0 Å². The van der Waals surface area contributed by atoms with Crippen LogP contribution in [0.4, 0.5) is 5.69 Å². The molecule has 0 aliphatic carbocycles. The molecule has 2 unspecified atom stereocenters. The first kappa shape index (κ1) is 10.9. The van der Waals surface area contributed by atoms with Crippen LogP contribution in [0, 0.1) is 23.2 Å². The number of hydrogen-bond donors (Lipinski definition) is 0. The molecule has 1 saturated heterocycles. The van der Waals surface area contributed by atoms with E-state index in [1.54, 1.807) is 6.20 Å². The van der Waals surface area contributed by atoms with Crippen LogP contribution < -0.4 is 4.90 Å². The van der Waals surface area contributed by atoms with Gasteiger partial charge < -0.3 is 4.90 Å². The lowest BCUT2D eigenvalue weighted by Gasteiger charge is -2.36. The molecule has 1 aromatic rings. The zero-order valence-electron chi connectivity index (χ0n) is 9.85. The van der Waals surface area contributed by atoms with Crippen LogP contribution in [0.15, 0.2) is 18.3 Å². The van der Waals surface area contributed by atoms with Crippen LogP contribution >= 0.6 is 0 Å². The van der Waals surface area contributed by atoms with Gasteiger partial charge in [-0.05, 0) is 30.4 Å². The van der Waals surface area contributed by atoms with Crippen LogP contribution in [-0.2, 0) is 0 Å². The number of nitrogens with zero attached hydrogens (tertiary/aromatic N) is 3. The Balaban J connectivity index is 2.20. The van der Waals surface area contributed by atoms with Crippen molar-refractivity contribution in [1.29, 1.82) is 5.26 Å². The highest BCUT2D eigenvalue weighted by atomic mass is 15.1. The zero-order chi connectivity index (χ0) is 11.5. The Hall–Kier alpha value is -1.56. The molecule has 0 radical (unpaired) electrons. The number of hydrogen-bond acceptors (Lipinski definition) is 3. The highest BCUT2D eigenvalue weighted by Gasteiger charge is 2.22. The Morgan fingerprint density at radius 3 is 2.69 bits per heavy atom. The number of aromatic nitrogens is 1. The van der Waals surface area contributed by atoms with Gasteiger partial charge in [0.15, 0.2) is 0 Å². The van der Waals surface area contributed by atoms with Gasteiger partial charge in [0, 0.05) is 25.0 Å². The third kappa shape index (κ3) is 2.33. The zero-order valence-corrected chi connectivity index (χ0v) is 9.85. The van der Waals surface area contributed by atoms with Crippen LogP contribution in [0.25, 0.3) is 0 Å². The van der Waals surface area contributed by atoms with Crippen molar-refractivity contribution >= 4 is 5.69 Å². The predicted molar refractivity (Wildman–Crippen MR) is 64.1 cm³/mol. The number of pyridine rings is 1. The topological polar surface area (TPSA) is 39.9 Å². The number of nitriles is 1. The molecule has 1 fully saturated rings. The molecule has 1 aliphatic heterocycles. The molecule has 1 aliphatic rings. The van der Waals surface area contributed by atoms with Crippen molar-refractivity contribution in [2.75, 3.05) is 18.0 Å². The van der Waals surface area contributed by atoms with Gasteiger partial charge in [-0.25, -0.2) is 4.98 Å². The quantitative estimate of drug-likeness (QED) is 0.722. The maximum Gasteiger partial charge on any atom is 0.142 e. The fourth-order valence-corrected chi connectivity index (χ4v) is 2.55. The van der Waals surface area contributed by atoms with Gasteiger partial charge in [0.2, 0.25) is 0 Å². The molecule has 2 atom stereocenters. The van der Waals surface area contributed by atoms with Crippen LogP contribution in [0.2, 0.25) is 0 Å². The van der Waals surface area contributed by atoms with Gasteiger partial charge in [-0.15, -0.1) is 0 Å². The Labute approximate surface area is 96.7 Å². The van der Waals surface area contributed by atoms with Crippen LogP contribution in [0.3, 0.4) is 0 Å². The van der Waals surface area contributed by atoms with Crippen molar-refractivity contribution in [1.82, 2.24) is 4.98 Å². The summed E-state index contributed by atoms with van der Waals surface area (Å²) in [7, 11) is 0. The van der Waals surface area contributed by atoms with E-state index in [4.69, 9.17) is 5.26 Å². The van der Waals surface area contributed by atoms with E-state index >= 15 is 0 Å². The highest BCUT2D eigenvalue weighted by Crippen LogP contribution is 2.26. The summed E-state index contributed by atoms with van der Waals surface area (Å²) in [4.78, 5) is 6.37. The number of piperidine rings is 1. The largest absolute Gasteiger partial charge is 0.371 e. The summed E-state index contributed by atoms with van der Waals surface area (Å²) in [5, 5.41) is 8.83. The third-order valence-corrected chi connectivity index (χ3v) is 3.09. The monoisotopic (exact) mass is 215 g/mol. The van der Waals surface area contributed by atoms with E-state index in [0.717, 1.165) is 30.6 Å². The highest BCUT2D eigenvalue weighted by molar-refractivity contribution is 5.49. The lowest BCUT2D eigenvalue weighted by Crippen LogP contribution is -2.38. The maximum atomic E-state index is 8.83. The van der Waals surface area contributed by atoms with E-state index < -0.39 is 0 Å². The van der Waals surface area contributed by atoms with E-state index in [0.29, 0.717) is 5.69 Å². The smallest absolute Gasteiger partial charge is 0.142 e. The second-order valence-electron chi connectivity index (χ2n) is 4.86. The number of anilines is 1. The molecule has 3 heteroatoms. The minimum atomic E-state index is 0.503. The molecular weight excluding hydrogens is 198 g/mol. The summed E-state index contributed by atoms with van der Waals surface area (Å²) in [6.45, 7) is 6.74. The minimum absolute atomic E-state index is 0.503. The molecule has 0 amide bonds. The van der Waals surface area contributed by atoms with Gasteiger partial charge >= 0.3 is 0 Å². The molecule has 0 spiro atoms. The molecule has 0 saturated carbocycles. The first-order valence-corrected chi connectivity index (χ1v) is 5.80. The SMILES string of the molecule is CC1CC(C)CN(c2ccnc(C#N)c2)C1. The fourth-order valence-electron chi connectivity index (χ4n) is 2.55. The lowest BCUT2D eigenvalue weighted by molar-refractivity contribution is 0.357. The van der Waals surface area contributed by atoms with E-state index in [9.17, 15) is 0 Å². The molecule has 0 N–H and O–H groups in total. The van der Waals surface area contributed by atoms with Crippen molar-refractivity contribution < 1.29 is 0 Å². The van der Waals surface area contributed by atoms with Gasteiger partial charge in [-0.1, -0.05) is 13.8 Å². The first-order chi connectivity index (χ1) is 7.69. The van der Waals surface area contributed by atoms with Crippen LogP contribution in [-0.4, -0.2) is 18.1 Å². The first-order valence-electron chi connectivity index (χ1n) is 5.80. The Kier molecular flexibility index (Phi) is 3.09. The van der Waals surface area contributed by atoms with Crippen molar-refractivity contribution in [3.05, 3.63) is 24.0 Å². The van der Waals surface area contributed by atoms with Gasteiger partial charge in [0.05, 0.1) is 0 Å². The third-order valence-electron chi connectivity index (χ3n) is 3.09. The van der Waals surface area contributed by atoms with Gasteiger partial charge in [0.1, 0.15) is 11.8 Å². The predicted octanol–water partition coefficient (Wildman–Crippen LogP) is 2.44. The van der Waals surface area contributed by atoms with E-state index in [2.05, 4.69) is 29.8 Å². The summed E-state index contributed by atoms with van der Waals surface area (Å²) in [5.41, 5.74) is 1.63. The van der Waals surface area contributed by atoms with Gasteiger partial charge in [-0.2, -0.15) is 5.26 Å². The average Bonchev–Trinajstić information content (AvgIpc) is 2.28. The van der Waals surface area contributed by atoms with Gasteiger partial charge in [-0.3, -0.25) is 0 Å². The Morgan fingerprint density at radius 1 is 1.38 bits per heavy atom. The minimum Gasteiger partial charge on any atom is -0.371 e. The summed E-state index contributed by atoms with van der Waals surface area (Å²) >= 11 is 0. The molecule has 1 aromatic heterocycles. The normalized spacial score (nSPS) is 25.2. The molecule has 0 bridgehead atoms. The van der Waals surface area contributed by atoms with E-state index in [1.807, 2.05) is 12.1 Å². The van der Waals surface area contributed by atoms with E-state index in [-0.39, 0.29) is 0 Å². The molecule has 3 nitrogen and oxygen atoms in total. The molecule has 84 valence electrons. The molecular formula is C13H17N3. The van der Waals surface area contributed by atoms with Crippen LogP contribution in [0.5, 0.6) is 0 Å². The summed E-state index contributed by atoms with van der Waals surface area (Å²) in [5.74, 6) is 1.45. The fraction of sp³-hybridized carbons (Fsp3) is 0.538. The number of rotatable bonds is 1. The second-order valence-corrected chi connectivity index (χ2v) is 4.86. The van der Waals surface area contributed by atoms with Crippen molar-refractivity contribution in [3.8, 4) is 6.07 Å². The van der Waals surface area contributed by atoms with Gasteiger partial charge in [0.25, 0.3) is 0 Å².